The minimum Gasteiger partial charge on any atom is -0.357 e. The molecule has 162 valence electrons. The summed E-state index contributed by atoms with van der Waals surface area (Å²) in [6.07, 6.45) is 0.414. The summed E-state index contributed by atoms with van der Waals surface area (Å²) in [5.74, 6) is -0.705. The van der Waals surface area contributed by atoms with Crippen molar-refractivity contribution in [2.45, 2.75) is 31.7 Å². The molecule has 0 saturated heterocycles. The maximum atomic E-state index is 14.0. The molecular weight excluding hydrogens is 470 g/mol. The largest absolute Gasteiger partial charge is 0.357 e. The van der Waals surface area contributed by atoms with Gasteiger partial charge in [0.25, 0.3) is 0 Å². The molecular formula is C21H22Cl3FN2O2S. The Morgan fingerprint density at radius 1 is 1.07 bits per heavy atom. The Balaban J connectivity index is 2.20. The van der Waals surface area contributed by atoms with Crippen molar-refractivity contribution < 1.29 is 14.0 Å². The van der Waals surface area contributed by atoms with Crippen LogP contribution < -0.4 is 5.32 Å². The molecule has 4 nitrogen and oxygen atoms in total. The highest BCUT2D eigenvalue weighted by Gasteiger charge is 2.29. The lowest BCUT2D eigenvalue weighted by Gasteiger charge is -2.30. The first kappa shape index (κ1) is 24.8. The average molecular weight is 492 g/mol. The van der Waals surface area contributed by atoms with Crippen LogP contribution >= 0.6 is 46.6 Å². The van der Waals surface area contributed by atoms with E-state index in [0.29, 0.717) is 32.6 Å². The first-order chi connectivity index (χ1) is 14.3. The van der Waals surface area contributed by atoms with E-state index in [1.54, 1.807) is 24.3 Å². The molecule has 0 aliphatic rings. The van der Waals surface area contributed by atoms with Gasteiger partial charge in [0, 0.05) is 45.5 Å². The van der Waals surface area contributed by atoms with Gasteiger partial charge < -0.3 is 10.2 Å². The Labute approximate surface area is 195 Å². The van der Waals surface area contributed by atoms with Gasteiger partial charge >= 0.3 is 0 Å². The van der Waals surface area contributed by atoms with Crippen LogP contribution in [0, 0.1) is 5.82 Å². The molecule has 0 heterocycles. The van der Waals surface area contributed by atoms with Crippen LogP contribution in [0.4, 0.5) is 4.39 Å². The molecule has 1 N–H and O–H groups in total. The first-order valence-corrected chi connectivity index (χ1v) is 11.5. The van der Waals surface area contributed by atoms with Crippen LogP contribution in [0.3, 0.4) is 0 Å². The second-order valence-electron chi connectivity index (χ2n) is 6.45. The molecule has 0 aliphatic heterocycles. The Bertz CT molecular complexity index is 873. The molecule has 2 rings (SSSR count). The zero-order valence-corrected chi connectivity index (χ0v) is 19.6. The van der Waals surface area contributed by atoms with E-state index in [9.17, 15) is 14.0 Å². The second kappa shape index (κ2) is 11.8. The molecule has 0 fully saturated rings. The van der Waals surface area contributed by atoms with Crippen molar-refractivity contribution in [3.05, 3.63) is 68.4 Å². The Kier molecular flexibility index (Phi) is 9.75. The maximum Gasteiger partial charge on any atom is 0.242 e. The van der Waals surface area contributed by atoms with Crippen molar-refractivity contribution in [2.75, 3.05) is 12.8 Å². The third kappa shape index (κ3) is 6.27. The lowest BCUT2D eigenvalue weighted by molar-refractivity contribution is -0.139. The summed E-state index contributed by atoms with van der Waals surface area (Å²) in [6, 6.07) is 8.85. The fourth-order valence-corrected chi connectivity index (χ4v) is 4.70. The first-order valence-electron chi connectivity index (χ1n) is 9.24. The molecule has 0 radical (unpaired) electrons. The predicted molar refractivity (Wildman–Crippen MR) is 123 cm³/mol. The van der Waals surface area contributed by atoms with Gasteiger partial charge in [-0.1, -0.05) is 53.9 Å². The number of amides is 2. The van der Waals surface area contributed by atoms with Crippen LogP contribution in [-0.4, -0.2) is 35.6 Å². The van der Waals surface area contributed by atoms with Crippen molar-refractivity contribution in [3.8, 4) is 0 Å². The van der Waals surface area contributed by atoms with Gasteiger partial charge in [-0.05, 0) is 30.7 Å². The monoisotopic (exact) mass is 490 g/mol. The molecule has 30 heavy (non-hydrogen) atoms. The number of benzene rings is 2. The molecule has 0 saturated carbocycles. The van der Waals surface area contributed by atoms with Gasteiger partial charge in [-0.15, -0.1) is 11.8 Å². The van der Waals surface area contributed by atoms with E-state index in [2.05, 4.69) is 5.32 Å². The summed E-state index contributed by atoms with van der Waals surface area (Å²) >= 11 is 19.8. The van der Waals surface area contributed by atoms with Crippen molar-refractivity contribution in [1.29, 1.82) is 0 Å². The normalized spacial score (nSPS) is 11.8. The number of halogens is 4. The van der Waals surface area contributed by atoms with Crippen molar-refractivity contribution in [1.82, 2.24) is 10.2 Å². The SMILES string of the molecule is CCC(C(=O)NC)N(Cc1c(Cl)cccc1Cl)C(=O)CSCc1c(F)cccc1Cl. The van der Waals surface area contributed by atoms with Crippen LogP contribution in [0.25, 0.3) is 0 Å². The van der Waals surface area contributed by atoms with Crippen molar-refractivity contribution in [2.24, 2.45) is 0 Å². The number of nitrogens with zero attached hydrogens (tertiary/aromatic N) is 1. The van der Waals surface area contributed by atoms with E-state index in [1.807, 2.05) is 6.92 Å². The molecule has 0 bridgehead atoms. The fourth-order valence-electron chi connectivity index (χ4n) is 2.93. The van der Waals surface area contributed by atoms with E-state index in [1.165, 1.54) is 35.8 Å². The van der Waals surface area contributed by atoms with E-state index >= 15 is 0 Å². The zero-order chi connectivity index (χ0) is 22.3. The van der Waals surface area contributed by atoms with Gasteiger partial charge in [0.15, 0.2) is 0 Å². The van der Waals surface area contributed by atoms with Gasteiger partial charge in [-0.3, -0.25) is 9.59 Å². The van der Waals surface area contributed by atoms with E-state index < -0.39 is 11.9 Å². The third-order valence-corrected chi connectivity index (χ3v) is 6.56. The number of carbonyl (C=O) groups is 2. The topological polar surface area (TPSA) is 49.4 Å². The molecule has 2 amide bonds. The van der Waals surface area contributed by atoms with Gasteiger partial charge in [0.1, 0.15) is 11.9 Å². The van der Waals surface area contributed by atoms with Crippen LogP contribution in [0.2, 0.25) is 15.1 Å². The van der Waals surface area contributed by atoms with E-state index in [4.69, 9.17) is 34.8 Å². The smallest absolute Gasteiger partial charge is 0.242 e. The average Bonchev–Trinajstić information content (AvgIpc) is 2.71. The molecule has 2 aromatic carbocycles. The summed E-state index contributed by atoms with van der Waals surface area (Å²) in [5.41, 5.74) is 0.912. The van der Waals surface area contributed by atoms with Crippen molar-refractivity contribution in [3.63, 3.8) is 0 Å². The number of hydrogen-bond donors (Lipinski definition) is 1. The Morgan fingerprint density at radius 3 is 2.17 bits per heavy atom. The van der Waals surface area contributed by atoms with Crippen LogP contribution in [0.1, 0.15) is 24.5 Å². The van der Waals surface area contributed by atoms with Gasteiger partial charge in [-0.2, -0.15) is 0 Å². The Hall–Kier alpha value is -1.47. The molecule has 9 heteroatoms. The summed E-state index contributed by atoms with van der Waals surface area (Å²) in [5, 5.41) is 3.73. The van der Waals surface area contributed by atoms with Gasteiger partial charge in [-0.25, -0.2) is 4.39 Å². The number of carbonyl (C=O) groups excluding carboxylic acids is 2. The summed E-state index contributed by atoms with van der Waals surface area (Å²) in [4.78, 5) is 26.9. The highest BCUT2D eigenvalue weighted by atomic mass is 35.5. The van der Waals surface area contributed by atoms with E-state index in [-0.39, 0.29) is 29.9 Å². The maximum absolute atomic E-state index is 14.0. The molecule has 0 spiro atoms. The number of likely N-dealkylation sites (N-methyl/N-ethyl adjacent to an activating group) is 1. The number of thioether (sulfide) groups is 1. The molecule has 0 aromatic heterocycles. The van der Waals surface area contributed by atoms with Crippen molar-refractivity contribution >= 4 is 58.4 Å². The van der Waals surface area contributed by atoms with Crippen LogP contribution in [-0.2, 0) is 21.9 Å². The molecule has 2 aromatic rings. The minimum atomic E-state index is -0.688. The summed E-state index contributed by atoms with van der Waals surface area (Å²) in [7, 11) is 1.52. The van der Waals surface area contributed by atoms with Gasteiger partial charge in [0.05, 0.1) is 5.75 Å². The summed E-state index contributed by atoms with van der Waals surface area (Å²) in [6.45, 7) is 1.91. The highest BCUT2D eigenvalue weighted by Crippen LogP contribution is 2.28. The second-order valence-corrected chi connectivity index (χ2v) is 8.66. The third-order valence-electron chi connectivity index (χ3n) is 4.56. The lowest BCUT2D eigenvalue weighted by atomic mass is 10.1. The minimum absolute atomic E-state index is 0.0419. The van der Waals surface area contributed by atoms with Gasteiger partial charge in [0.2, 0.25) is 11.8 Å². The van der Waals surface area contributed by atoms with Crippen LogP contribution in [0.5, 0.6) is 0 Å². The highest BCUT2D eigenvalue weighted by molar-refractivity contribution is 7.99. The quantitative estimate of drug-likeness (QED) is 0.499. The molecule has 0 aliphatic carbocycles. The Morgan fingerprint density at radius 2 is 1.63 bits per heavy atom. The number of hydrogen-bond acceptors (Lipinski definition) is 3. The predicted octanol–water partition coefficient (Wildman–Crippen LogP) is 5.57. The van der Waals surface area contributed by atoms with Crippen LogP contribution in [0.15, 0.2) is 36.4 Å². The number of nitrogens with one attached hydrogen (secondary N) is 1. The number of rotatable bonds is 9. The standard InChI is InChI=1S/C21H22Cl3FN2O2S/c1-3-19(21(29)26-2)27(10-13-15(22)6-4-7-16(13)23)20(28)12-30-11-14-17(24)8-5-9-18(14)25/h4-9,19H,3,10-12H2,1-2H3,(H,26,29). The zero-order valence-electron chi connectivity index (χ0n) is 16.6. The summed E-state index contributed by atoms with van der Waals surface area (Å²) < 4.78 is 14.0. The molecule has 1 unspecified atom stereocenters. The molecule has 1 atom stereocenters. The lowest BCUT2D eigenvalue weighted by Crippen LogP contribution is -2.48. The van der Waals surface area contributed by atoms with E-state index in [0.717, 1.165) is 0 Å². The fraction of sp³-hybridized carbons (Fsp3) is 0.333.